The number of aromatic nitrogens is 2. The molecule has 12 heteroatoms. The molecule has 6 heterocycles. The zero-order chi connectivity index (χ0) is 38.9. The maximum atomic E-state index is 13.2. The fourth-order valence-electron chi connectivity index (χ4n) is 6.03. The second kappa shape index (κ2) is 17.9. The van der Waals surface area contributed by atoms with Crippen molar-refractivity contribution < 1.29 is 38.1 Å². The van der Waals surface area contributed by atoms with Gasteiger partial charge in [0.2, 0.25) is 11.8 Å². The highest BCUT2D eigenvalue weighted by Crippen LogP contribution is 2.34. The lowest BCUT2D eigenvalue weighted by atomic mass is 9.78. The van der Waals surface area contributed by atoms with Crippen LogP contribution in [0.1, 0.15) is 93.6 Å². The smallest absolute Gasteiger partial charge is 0.360 e. The monoisotopic (exact) mass is 740 g/mol. The fourth-order valence-corrected chi connectivity index (χ4v) is 6.03. The summed E-state index contributed by atoms with van der Waals surface area (Å²) < 4.78 is 22.9. The van der Waals surface area contributed by atoms with E-state index in [1.54, 1.807) is 48.6 Å². The van der Waals surface area contributed by atoms with Crippen molar-refractivity contribution >= 4 is 24.1 Å². The standard InChI is InChI=1S/C42H52N4O8/c1-7-14-33(47)41(3,4)35-20-11-16-27-24-28(43-27)17-12-23-38-46-32(26-52-38)40(50)54-36(42(5,6)34(48)15-8-2)21-13-19-30-29(44-30)18-9-10-22-37-45-31(25-51-37)39(49)53-35/h7-19,22-23,25-27,29-30,33-36,43-44,47-48H,20-21,24H2,1-6H3/b14-7+,15-8+,16-11-,18-9+,19-13-,22-10-,23-12-,28-17+/t27-,29+,30-,33+,34+,35+,36+/m1/s1. The Morgan fingerprint density at radius 3 is 1.80 bits per heavy atom. The van der Waals surface area contributed by atoms with Crippen LogP contribution < -0.4 is 10.6 Å². The molecule has 0 unspecified atom stereocenters. The largest absolute Gasteiger partial charge is 0.457 e. The number of nitrogens with zero attached hydrogens (tertiary/aromatic N) is 2. The van der Waals surface area contributed by atoms with Crippen LogP contribution in [-0.4, -0.2) is 74.7 Å². The fraction of sp³-hybridized carbons (Fsp3) is 0.429. The molecule has 4 N–H and O–H groups in total. The lowest BCUT2D eigenvalue weighted by molar-refractivity contribution is -0.0461. The number of allylic oxidation sites excluding steroid dienone is 6. The number of carbonyl (C=O) groups is 2. The van der Waals surface area contributed by atoms with E-state index in [1.165, 1.54) is 12.5 Å². The van der Waals surface area contributed by atoms with Gasteiger partial charge in [-0.3, -0.25) is 0 Å². The molecule has 4 aliphatic heterocycles. The van der Waals surface area contributed by atoms with Crippen molar-refractivity contribution in [2.24, 2.45) is 10.8 Å². The summed E-state index contributed by atoms with van der Waals surface area (Å²) in [6.45, 7) is 11.1. The number of esters is 2. The van der Waals surface area contributed by atoms with Gasteiger partial charge in [-0.15, -0.1) is 0 Å². The molecule has 0 radical (unpaired) electrons. The van der Waals surface area contributed by atoms with Crippen LogP contribution in [0.25, 0.3) is 12.2 Å². The van der Waals surface area contributed by atoms with E-state index in [0.29, 0.717) is 12.8 Å². The third kappa shape index (κ3) is 10.3. The summed E-state index contributed by atoms with van der Waals surface area (Å²) in [6, 6.07) is 0.249. The SMILES string of the molecule is C/C=C/[C@H](O)C(C)(C)[C@@H]1C/C=C\[C@@H]2C/C(=C\C=C/c3nc(co3)C(=O)O[C@H](C(C)(C)[C@@H](O)/C=C/C)C/C=C\[C@H]3N[C@H]3/C=C/C=C\c3nc(co3)C(=O)O1)N2. The molecular formula is C42H52N4O8. The molecule has 7 atom stereocenters. The van der Waals surface area contributed by atoms with E-state index >= 15 is 0 Å². The maximum absolute atomic E-state index is 13.2. The minimum Gasteiger partial charge on any atom is -0.457 e. The first-order valence-corrected chi connectivity index (χ1v) is 18.3. The molecule has 0 aliphatic carbocycles. The minimum atomic E-state index is -0.853. The van der Waals surface area contributed by atoms with Crippen LogP contribution in [0.4, 0.5) is 0 Å². The number of oxazole rings is 2. The molecule has 54 heavy (non-hydrogen) atoms. The summed E-state index contributed by atoms with van der Waals surface area (Å²) in [6.07, 6.45) is 28.4. The van der Waals surface area contributed by atoms with Gasteiger partial charge >= 0.3 is 11.9 Å². The first-order chi connectivity index (χ1) is 25.8. The van der Waals surface area contributed by atoms with Gasteiger partial charge < -0.3 is 39.2 Å². The third-order valence-corrected chi connectivity index (χ3v) is 9.98. The van der Waals surface area contributed by atoms with E-state index < -0.39 is 47.2 Å². The van der Waals surface area contributed by atoms with Crippen molar-refractivity contribution in [1.29, 1.82) is 0 Å². The van der Waals surface area contributed by atoms with Crippen LogP contribution in [0.15, 0.2) is 106 Å². The second-order valence-corrected chi connectivity index (χ2v) is 14.8. The number of hydrogen-bond acceptors (Lipinski definition) is 12. The van der Waals surface area contributed by atoms with E-state index in [9.17, 15) is 19.8 Å². The zero-order valence-electron chi connectivity index (χ0n) is 31.7. The summed E-state index contributed by atoms with van der Waals surface area (Å²) >= 11 is 0. The molecule has 2 saturated heterocycles. The molecular weight excluding hydrogens is 688 g/mol. The topological polar surface area (TPSA) is 179 Å². The Morgan fingerprint density at radius 2 is 1.26 bits per heavy atom. The van der Waals surface area contributed by atoms with Crippen LogP contribution in [-0.2, 0) is 9.47 Å². The summed E-state index contributed by atoms with van der Waals surface area (Å²) in [7, 11) is 0. The minimum absolute atomic E-state index is 0.0347. The number of aliphatic hydroxyl groups excluding tert-OH is 2. The van der Waals surface area contributed by atoms with E-state index in [0.717, 1.165) is 12.1 Å². The second-order valence-electron chi connectivity index (χ2n) is 14.8. The number of aliphatic hydroxyl groups is 2. The lowest BCUT2D eigenvalue weighted by Crippen LogP contribution is -2.42. The van der Waals surface area contributed by atoms with Crippen LogP contribution in [0, 0.1) is 10.8 Å². The summed E-state index contributed by atoms with van der Waals surface area (Å²) in [5.74, 6) is -0.787. The van der Waals surface area contributed by atoms with E-state index in [2.05, 4.69) is 20.6 Å². The van der Waals surface area contributed by atoms with E-state index in [1.807, 2.05) is 84.1 Å². The number of rotatable bonds is 6. The molecule has 4 aliphatic rings. The number of fused-ring (bicyclic) bond motifs is 10. The molecule has 2 aromatic rings. The number of ether oxygens (including phenoxy) is 2. The van der Waals surface area contributed by atoms with E-state index in [4.69, 9.17) is 18.3 Å². The predicted octanol–water partition coefficient (Wildman–Crippen LogP) is 6.42. The average Bonchev–Trinajstić information content (AvgIpc) is 3.44. The molecule has 0 spiro atoms. The Bertz CT molecular complexity index is 1850. The Balaban J connectivity index is 1.35. The Kier molecular flexibility index (Phi) is 13.3. The highest BCUT2D eigenvalue weighted by Gasteiger charge is 2.40. The van der Waals surface area contributed by atoms with Gasteiger partial charge in [0.15, 0.2) is 11.4 Å². The van der Waals surface area contributed by atoms with Crippen molar-refractivity contribution in [3.8, 4) is 0 Å². The van der Waals surface area contributed by atoms with Crippen LogP contribution >= 0.6 is 0 Å². The quantitative estimate of drug-likeness (QED) is 0.145. The predicted molar refractivity (Wildman–Crippen MR) is 206 cm³/mol. The molecule has 2 aromatic heterocycles. The summed E-state index contributed by atoms with van der Waals surface area (Å²) in [5.41, 5.74) is -0.550. The van der Waals surface area contributed by atoms with Gasteiger partial charge in [-0.2, -0.15) is 0 Å². The number of carbonyl (C=O) groups excluding carboxylic acids is 2. The first-order valence-electron chi connectivity index (χ1n) is 18.3. The first kappa shape index (κ1) is 40.2. The highest BCUT2D eigenvalue weighted by molar-refractivity contribution is 5.87. The average molecular weight is 741 g/mol. The van der Waals surface area contributed by atoms with Gasteiger partial charge in [-0.1, -0.05) is 101 Å². The molecule has 0 aromatic carbocycles. The van der Waals surface area contributed by atoms with Gasteiger partial charge in [-0.25, -0.2) is 19.6 Å². The molecule has 12 nitrogen and oxygen atoms in total. The Morgan fingerprint density at radius 1 is 0.759 bits per heavy atom. The number of nitrogens with one attached hydrogen (secondary N) is 2. The van der Waals surface area contributed by atoms with Crippen molar-refractivity contribution in [1.82, 2.24) is 20.6 Å². The van der Waals surface area contributed by atoms with Crippen LogP contribution in [0.3, 0.4) is 0 Å². The summed E-state index contributed by atoms with van der Waals surface area (Å²) in [5, 5.41) is 28.5. The highest BCUT2D eigenvalue weighted by atomic mass is 16.6. The zero-order valence-corrected chi connectivity index (χ0v) is 31.7. The van der Waals surface area contributed by atoms with Crippen LogP contribution in [0.5, 0.6) is 0 Å². The maximum Gasteiger partial charge on any atom is 0.360 e. The normalized spacial score (nSPS) is 29.6. The van der Waals surface area contributed by atoms with E-state index in [-0.39, 0.29) is 41.3 Å². The lowest BCUT2D eigenvalue weighted by Gasteiger charge is -2.36. The van der Waals surface area contributed by atoms with Crippen LogP contribution in [0.2, 0.25) is 0 Å². The molecule has 6 bridgehead atoms. The Hall–Kier alpha value is -5.04. The molecule has 0 saturated carbocycles. The van der Waals surface area contributed by atoms with Gasteiger partial charge in [-0.05, 0) is 19.9 Å². The van der Waals surface area contributed by atoms with Crippen molar-refractivity contribution in [2.75, 3.05) is 0 Å². The van der Waals surface area contributed by atoms with Gasteiger partial charge in [0, 0.05) is 66.1 Å². The van der Waals surface area contributed by atoms with Gasteiger partial charge in [0.05, 0.1) is 12.2 Å². The van der Waals surface area contributed by atoms with Gasteiger partial charge in [0.1, 0.15) is 24.7 Å². The Labute approximate surface area is 316 Å². The summed E-state index contributed by atoms with van der Waals surface area (Å²) in [4.78, 5) is 35.1. The van der Waals surface area contributed by atoms with Crippen molar-refractivity contribution in [3.05, 3.63) is 120 Å². The number of hydrogen-bond donors (Lipinski definition) is 4. The van der Waals surface area contributed by atoms with Crippen molar-refractivity contribution in [2.45, 2.75) is 103 Å². The molecule has 6 rings (SSSR count). The molecule has 0 amide bonds. The van der Waals surface area contributed by atoms with Crippen molar-refractivity contribution in [3.63, 3.8) is 0 Å². The molecule has 2 fully saturated rings. The third-order valence-electron chi connectivity index (χ3n) is 9.98. The van der Waals surface area contributed by atoms with Gasteiger partial charge in [0.25, 0.3) is 0 Å². The molecule has 288 valence electrons.